The Labute approximate surface area is 82.8 Å². The van der Waals surface area contributed by atoms with Crippen LogP contribution in [0, 0.1) is 11.8 Å². The van der Waals surface area contributed by atoms with Crippen molar-refractivity contribution >= 4 is 21.9 Å². The van der Waals surface area contributed by atoms with Gasteiger partial charge >= 0.3 is 5.97 Å². The Morgan fingerprint density at radius 2 is 1.92 bits per heavy atom. The second-order valence-corrected chi connectivity index (χ2v) is 4.52. The van der Waals surface area contributed by atoms with Gasteiger partial charge in [-0.05, 0) is 18.3 Å². The molecular weight excluding hydrogens is 220 g/mol. The molecule has 0 radical (unpaired) electrons. The predicted molar refractivity (Wildman–Crippen MR) is 53.4 cm³/mol. The molecule has 0 aliphatic rings. The summed E-state index contributed by atoms with van der Waals surface area (Å²) in [5.74, 6) is 0.769. The van der Waals surface area contributed by atoms with Gasteiger partial charge in [0.05, 0.1) is 7.11 Å². The summed E-state index contributed by atoms with van der Waals surface area (Å²) < 4.78 is 4.63. The van der Waals surface area contributed by atoms with Gasteiger partial charge in [0.25, 0.3) is 0 Å². The van der Waals surface area contributed by atoms with Crippen LogP contribution in [0.4, 0.5) is 0 Å². The summed E-state index contributed by atoms with van der Waals surface area (Å²) in [7, 11) is 1.42. The van der Waals surface area contributed by atoms with E-state index in [-0.39, 0.29) is 10.8 Å². The highest BCUT2D eigenvalue weighted by atomic mass is 79.9. The fourth-order valence-electron chi connectivity index (χ4n) is 1.21. The molecular formula is C9H17BrO2. The van der Waals surface area contributed by atoms with E-state index in [2.05, 4.69) is 41.4 Å². The van der Waals surface area contributed by atoms with Crippen LogP contribution in [0.5, 0.6) is 0 Å². The second-order valence-electron chi connectivity index (χ2n) is 3.53. The second kappa shape index (κ2) is 5.57. The van der Waals surface area contributed by atoms with E-state index in [1.165, 1.54) is 7.11 Å². The number of hydrogen-bond acceptors (Lipinski definition) is 2. The Morgan fingerprint density at radius 1 is 1.42 bits per heavy atom. The van der Waals surface area contributed by atoms with Gasteiger partial charge in [0.2, 0.25) is 0 Å². The maximum Gasteiger partial charge on any atom is 0.319 e. The molecule has 0 bridgehead atoms. The van der Waals surface area contributed by atoms with Crippen LogP contribution in [0.1, 0.15) is 27.2 Å². The minimum Gasteiger partial charge on any atom is -0.468 e. The molecule has 0 N–H and O–H groups in total. The minimum atomic E-state index is -0.178. The van der Waals surface area contributed by atoms with Crippen molar-refractivity contribution in [3.63, 3.8) is 0 Å². The molecule has 0 aliphatic heterocycles. The maximum absolute atomic E-state index is 11.1. The Morgan fingerprint density at radius 3 is 2.25 bits per heavy atom. The first-order valence-electron chi connectivity index (χ1n) is 4.21. The topological polar surface area (TPSA) is 26.3 Å². The van der Waals surface area contributed by atoms with E-state index in [1.54, 1.807) is 0 Å². The van der Waals surface area contributed by atoms with Crippen molar-refractivity contribution in [3.05, 3.63) is 0 Å². The number of carbonyl (C=O) groups excluding carboxylic acids is 1. The minimum absolute atomic E-state index is 0.162. The number of methoxy groups -OCH3 is 1. The van der Waals surface area contributed by atoms with Gasteiger partial charge in [-0.15, -0.1) is 0 Å². The lowest BCUT2D eigenvalue weighted by Gasteiger charge is -2.17. The number of carbonyl (C=O) groups is 1. The molecule has 2 atom stereocenters. The summed E-state index contributed by atoms with van der Waals surface area (Å²) in [6.07, 6.45) is 1.03. The molecule has 3 heteroatoms. The largest absolute Gasteiger partial charge is 0.468 e. The summed E-state index contributed by atoms with van der Waals surface area (Å²) >= 11 is 3.32. The molecule has 0 heterocycles. The smallest absolute Gasteiger partial charge is 0.319 e. The average molecular weight is 237 g/mol. The standard InChI is InChI=1S/C9H17BrO2/c1-6(2)5-7(3)8(10)9(11)12-4/h6-8H,5H2,1-4H3. The van der Waals surface area contributed by atoms with Crippen molar-refractivity contribution < 1.29 is 9.53 Å². The average Bonchev–Trinajstić information content (AvgIpc) is 2.00. The van der Waals surface area contributed by atoms with Gasteiger partial charge < -0.3 is 4.74 Å². The number of ether oxygens (including phenoxy) is 1. The highest BCUT2D eigenvalue weighted by molar-refractivity contribution is 9.10. The van der Waals surface area contributed by atoms with E-state index < -0.39 is 0 Å². The first-order chi connectivity index (χ1) is 5.49. The van der Waals surface area contributed by atoms with Gasteiger partial charge in [-0.2, -0.15) is 0 Å². The third-order valence-corrected chi connectivity index (χ3v) is 3.05. The number of alkyl halides is 1. The van der Waals surface area contributed by atoms with Crippen molar-refractivity contribution in [2.24, 2.45) is 11.8 Å². The zero-order valence-corrected chi connectivity index (χ0v) is 9.72. The Hall–Kier alpha value is -0.0500. The van der Waals surface area contributed by atoms with Gasteiger partial charge in [0.1, 0.15) is 4.83 Å². The van der Waals surface area contributed by atoms with E-state index in [1.807, 2.05) is 0 Å². The summed E-state index contributed by atoms with van der Waals surface area (Å²) in [4.78, 5) is 10.9. The van der Waals surface area contributed by atoms with Crippen LogP contribution in [-0.2, 0) is 9.53 Å². The van der Waals surface area contributed by atoms with Gasteiger partial charge in [0.15, 0.2) is 0 Å². The molecule has 0 spiro atoms. The number of esters is 1. The highest BCUT2D eigenvalue weighted by Crippen LogP contribution is 2.21. The van der Waals surface area contributed by atoms with Crippen molar-refractivity contribution in [1.29, 1.82) is 0 Å². The Bertz CT molecular complexity index is 145. The van der Waals surface area contributed by atoms with Crippen molar-refractivity contribution in [1.82, 2.24) is 0 Å². The van der Waals surface area contributed by atoms with Gasteiger partial charge in [0, 0.05) is 0 Å². The molecule has 0 amide bonds. The first kappa shape index (κ1) is 11.9. The lowest BCUT2D eigenvalue weighted by molar-refractivity contribution is -0.140. The molecule has 0 aromatic heterocycles. The molecule has 2 nitrogen and oxygen atoms in total. The molecule has 0 saturated carbocycles. The molecule has 0 aromatic carbocycles. The lowest BCUT2D eigenvalue weighted by Crippen LogP contribution is -2.24. The van der Waals surface area contributed by atoms with Crippen LogP contribution in [0.15, 0.2) is 0 Å². The maximum atomic E-state index is 11.1. The first-order valence-corrected chi connectivity index (χ1v) is 5.12. The van der Waals surface area contributed by atoms with Crippen molar-refractivity contribution in [3.8, 4) is 0 Å². The van der Waals surface area contributed by atoms with E-state index in [0.29, 0.717) is 11.8 Å². The van der Waals surface area contributed by atoms with Gasteiger partial charge in [-0.25, -0.2) is 0 Å². The van der Waals surface area contributed by atoms with Gasteiger partial charge in [-0.3, -0.25) is 4.79 Å². The molecule has 0 aliphatic carbocycles. The Balaban J connectivity index is 3.91. The zero-order valence-electron chi connectivity index (χ0n) is 8.13. The number of hydrogen-bond donors (Lipinski definition) is 0. The molecule has 72 valence electrons. The molecule has 2 unspecified atom stereocenters. The van der Waals surface area contributed by atoms with E-state index in [0.717, 1.165) is 6.42 Å². The summed E-state index contributed by atoms with van der Waals surface area (Å²) in [6, 6.07) is 0. The normalized spacial score (nSPS) is 15.8. The summed E-state index contributed by atoms with van der Waals surface area (Å²) in [6.45, 7) is 6.34. The molecule has 0 saturated heterocycles. The fourth-order valence-corrected chi connectivity index (χ4v) is 1.61. The van der Waals surface area contributed by atoms with Crippen LogP contribution < -0.4 is 0 Å². The third-order valence-electron chi connectivity index (χ3n) is 1.77. The molecule has 0 aromatic rings. The highest BCUT2D eigenvalue weighted by Gasteiger charge is 2.22. The predicted octanol–water partition coefficient (Wildman–Crippen LogP) is 2.61. The zero-order chi connectivity index (χ0) is 9.72. The van der Waals surface area contributed by atoms with Crippen LogP contribution >= 0.6 is 15.9 Å². The van der Waals surface area contributed by atoms with Crippen molar-refractivity contribution in [2.45, 2.75) is 32.0 Å². The molecule has 0 rings (SSSR count). The van der Waals surface area contributed by atoms with Crippen LogP contribution in [0.25, 0.3) is 0 Å². The number of rotatable bonds is 4. The number of halogens is 1. The van der Waals surface area contributed by atoms with Crippen molar-refractivity contribution in [2.75, 3.05) is 7.11 Å². The quantitative estimate of drug-likeness (QED) is 0.555. The van der Waals surface area contributed by atoms with E-state index >= 15 is 0 Å². The van der Waals surface area contributed by atoms with Crippen LogP contribution in [0.2, 0.25) is 0 Å². The lowest BCUT2D eigenvalue weighted by atomic mass is 9.96. The Kier molecular flexibility index (Phi) is 5.55. The van der Waals surface area contributed by atoms with E-state index in [4.69, 9.17) is 0 Å². The molecule has 12 heavy (non-hydrogen) atoms. The van der Waals surface area contributed by atoms with Gasteiger partial charge in [-0.1, -0.05) is 36.7 Å². The monoisotopic (exact) mass is 236 g/mol. The SMILES string of the molecule is COC(=O)C(Br)C(C)CC(C)C. The fraction of sp³-hybridized carbons (Fsp3) is 0.889. The van der Waals surface area contributed by atoms with E-state index in [9.17, 15) is 4.79 Å². The summed E-state index contributed by atoms with van der Waals surface area (Å²) in [5, 5.41) is 0. The molecule has 0 fully saturated rings. The summed E-state index contributed by atoms with van der Waals surface area (Å²) in [5.41, 5.74) is 0. The van der Waals surface area contributed by atoms with Crippen LogP contribution in [0.3, 0.4) is 0 Å². The third kappa shape index (κ3) is 4.10. The van der Waals surface area contributed by atoms with Crippen LogP contribution in [-0.4, -0.2) is 17.9 Å².